The molecule has 1 atom stereocenters. The lowest BCUT2D eigenvalue weighted by Crippen LogP contribution is -2.44. The maximum Gasteiger partial charge on any atom is 0.228 e. The van der Waals surface area contributed by atoms with Crippen molar-refractivity contribution < 1.29 is 17.9 Å². The topological polar surface area (TPSA) is 75.7 Å². The summed E-state index contributed by atoms with van der Waals surface area (Å²) in [5, 5.41) is 3.66. The summed E-state index contributed by atoms with van der Waals surface area (Å²) in [4.78, 5) is 12.8. The lowest BCUT2D eigenvalue weighted by Gasteiger charge is -2.31. The number of anilines is 1. The van der Waals surface area contributed by atoms with Crippen LogP contribution in [0, 0.1) is 5.92 Å². The smallest absolute Gasteiger partial charge is 0.228 e. The normalized spacial score (nSPS) is 17.6. The van der Waals surface area contributed by atoms with Gasteiger partial charge in [-0.15, -0.1) is 0 Å². The minimum atomic E-state index is -3.62. The first-order valence-corrected chi connectivity index (χ1v) is 12.0. The molecule has 0 radical (unpaired) electrons. The summed E-state index contributed by atoms with van der Waals surface area (Å²) in [7, 11) is -2.01. The van der Waals surface area contributed by atoms with Gasteiger partial charge in [0, 0.05) is 35.9 Å². The van der Waals surface area contributed by atoms with Crippen LogP contribution >= 0.6 is 23.2 Å². The summed E-state index contributed by atoms with van der Waals surface area (Å²) in [5.41, 5.74) is 2.10. The Hall–Kier alpha value is -1.64. The Balaban J connectivity index is 1.66. The molecule has 1 fully saturated rings. The Morgan fingerprint density at radius 2 is 2.03 bits per heavy atom. The fourth-order valence-electron chi connectivity index (χ4n) is 3.49. The quantitative estimate of drug-likeness (QED) is 0.653. The Morgan fingerprint density at radius 1 is 1.23 bits per heavy atom. The molecule has 0 spiro atoms. The molecule has 3 rings (SSSR count). The molecule has 9 heteroatoms. The van der Waals surface area contributed by atoms with Crippen LogP contribution in [0.3, 0.4) is 0 Å². The molecule has 1 amide bonds. The van der Waals surface area contributed by atoms with E-state index in [0.29, 0.717) is 47.3 Å². The van der Waals surface area contributed by atoms with Crippen LogP contribution in [-0.4, -0.2) is 38.8 Å². The van der Waals surface area contributed by atoms with E-state index in [1.807, 2.05) is 18.2 Å². The number of hydrogen-bond donors (Lipinski definition) is 1. The molecule has 6 nitrogen and oxygen atoms in total. The molecular weight excluding hydrogens is 447 g/mol. The summed E-state index contributed by atoms with van der Waals surface area (Å²) in [6.07, 6.45) is 1.26. The van der Waals surface area contributed by atoms with Crippen molar-refractivity contribution in [3.63, 3.8) is 0 Å². The van der Waals surface area contributed by atoms with Gasteiger partial charge in [-0.05, 0) is 48.2 Å². The van der Waals surface area contributed by atoms with Crippen LogP contribution in [0.1, 0.15) is 24.0 Å². The second-order valence-electron chi connectivity index (χ2n) is 7.31. The number of rotatable bonds is 7. The van der Waals surface area contributed by atoms with Crippen LogP contribution in [0.2, 0.25) is 10.0 Å². The first-order chi connectivity index (χ1) is 14.3. The van der Waals surface area contributed by atoms with Crippen molar-refractivity contribution in [1.29, 1.82) is 0 Å². The highest BCUT2D eigenvalue weighted by Gasteiger charge is 2.32. The molecule has 0 bridgehead atoms. The van der Waals surface area contributed by atoms with Crippen molar-refractivity contribution in [2.75, 3.05) is 25.5 Å². The molecule has 2 aromatic rings. The number of nitrogens with one attached hydrogen (secondary N) is 1. The number of sulfonamides is 1. The zero-order chi connectivity index (χ0) is 21.7. The Bertz CT molecular complexity index is 1010. The van der Waals surface area contributed by atoms with E-state index in [1.165, 1.54) is 10.4 Å². The second kappa shape index (κ2) is 10.1. The van der Waals surface area contributed by atoms with Gasteiger partial charge in [0.1, 0.15) is 0 Å². The SMILES string of the molecule is COCc1cccc(NC(=O)C2CCCN(S(=O)(=O)Cc3ccc(Cl)cc3Cl)C2)c1. The minimum absolute atomic E-state index is 0.150. The highest BCUT2D eigenvalue weighted by atomic mass is 35.5. The third-order valence-corrected chi connectivity index (χ3v) is 7.39. The number of piperidine rings is 1. The van der Waals surface area contributed by atoms with E-state index in [2.05, 4.69) is 5.32 Å². The molecule has 1 N–H and O–H groups in total. The number of carbonyl (C=O) groups is 1. The first kappa shape index (κ1) is 23.0. The van der Waals surface area contributed by atoms with Gasteiger partial charge in [-0.3, -0.25) is 4.79 Å². The van der Waals surface area contributed by atoms with Crippen LogP contribution in [0.15, 0.2) is 42.5 Å². The van der Waals surface area contributed by atoms with E-state index in [0.717, 1.165) is 5.56 Å². The summed E-state index contributed by atoms with van der Waals surface area (Å²) >= 11 is 12.0. The highest BCUT2D eigenvalue weighted by molar-refractivity contribution is 7.88. The average Bonchev–Trinajstić information content (AvgIpc) is 2.71. The van der Waals surface area contributed by atoms with Gasteiger partial charge >= 0.3 is 0 Å². The maximum atomic E-state index is 12.9. The van der Waals surface area contributed by atoms with Gasteiger partial charge < -0.3 is 10.1 Å². The van der Waals surface area contributed by atoms with Gasteiger partial charge in [0.05, 0.1) is 18.3 Å². The van der Waals surface area contributed by atoms with Gasteiger partial charge in [0.2, 0.25) is 15.9 Å². The van der Waals surface area contributed by atoms with E-state index in [1.54, 1.807) is 25.3 Å². The Kier molecular flexibility index (Phi) is 7.76. The maximum absolute atomic E-state index is 12.9. The monoisotopic (exact) mass is 470 g/mol. The number of halogens is 2. The molecule has 0 aromatic heterocycles. The van der Waals surface area contributed by atoms with Gasteiger partial charge in [0.15, 0.2) is 0 Å². The van der Waals surface area contributed by atoms with Crippen molar-refractivity contribution in [3.05, 3.63) is 63.6 Å². The molecule has 1 unspecified atom stereocenters. The van der Waals surface area contributed by atoms with Gasteiger partial charge in [-0.25, -0.2) is 12.7 Å². The lowest BCUT2D eigenvalue weighted by molar-refractivity contribution is -0.120. The lowest BCUT2D eigenvalue weighted by atomic mass is 9.98. The van der Waals surface area contributed by atoms with Crippen molar-refractivity contribution >= 4 is 44.8 Å². The standard InChI is InChI=1S/C21H24Cl2N2O4S/c1-29-13-15-4-2-6-19(10-15)24-21(26)16-5-3-9-25(12-16)30(27,28)14-17-7-8-18(22)11-20(17)23/h2,4,6-8,10-11,16H,3,5,9,12-14H2,1H3,(H,24,26). The minimum Gasteiger partial charge on any atom is -0.380 e. The molecule has 1 heterocycles. The number of nitrogens with zero attached hydrogens (tertiary/aromatic N) is 1. The first-order valence-electron chi connectivity index (χ1n) is 9.59. The number of benzene rings is 2. The summed E-state index contributed by atoms with van der Waals surface area (Å²) in [6, 6.07) is 12.2. The van der Waals surface area contributed by atoms with Crippen LogP contribution in [0.25, 0.3) is 0 Å². The number of ether oxygens (including phenoxy) is 1. The third kappa shape index (κ3) is 5.95. The van der Waals surface area contributed by atoms with E-state index in [-0.39, 0.29) is 18.2 Å². The summed E-state index contributed by atoms with van der Waals surface area (Å²) in [5.74, 6) is -0.828. The number of hydrogen-bond acceptors (Lipinski definition) is 4. The zero-order valence-electron chi connectivity index (χ0n) is 16.6. The highest BCUT2D eigenvalue weighted by Crippen LogP contribution is 2.27. The average molecular weight is 471 g/mol. The Labute approximate surface area is 187 Å². The molecule has 30 heavy (non-hydrogen) atoms. The van der Waals surface area contributed by atoms with E-state index in [4.69, 9.17) is 27.9 Å². The van der Waals surface area contributed by atoms with Crippen LogP contribution in [-0.2, 0) is 31.9 Å². The van der Waals surface area contributed by atoms with Crippen molar-refractivity contribution in [1.82, 2.24) is 4.31 Å². The predicted molar refractivity (Wildman–Crippen MR) is 119 cm³/mol. The second-order valence-corrected chi connectivity index (χ2v) is 10.1. The molecular formula is C21H24Cl2N2O4S. The number of carbonyl (C=O) groups excluding carboxylic acids is 1. The van der Waals surface area contributed by atoms with E-state index >= 15 is 0 Å². The number of methoxy groups -OCH3 is 1. The van der Waals surface area contributed by atoms with Crippen LogP contribution in [0.5, 0.6) is 0 Å². The molecule has 1 saturated heterocycles. The fourth-order valence-corrected chi connectivity index (χ4v) is 5.68. The van der Waals surface area contributed by atoms with E-state index < -0.39 is 15.9 Å². The molecule has 0 saturated carbocycles. The summed E-state index contributed by atoms with van der Waals surface area (Å²) in [6.45, 7) is 0.990. The molecule has 1 aliphatic heterocycles. The molecule has 2 aromatic carbocycles. The molecule has 1 aliphatic rings. The number of amides is 1. The third-order valence-electron chi connectivity index (χ3n) is 5.01. The van der Waals surface area contributed by atoms with Crippen molar-refractivity contribution in [3.8, 4) is 0 Å². The van der Waals surface area contributed by atoms with E-state index in [9.17, 15) is 13.2 Å². The predicted octanol–water partition coefficient (Wildman–Crippen LogP) is 4.32. The fraction of sp³-hybridized carbons (Fsp3) is 0.381. The van der Waals surface area contributed by atoms with Crippen molar-refractivity contribution in [2.24, 2.45) is 5.92 Å². The van der Waals surface area contributed by atoms with Crippen LogP contribution < -0.4 is 5.32 Å². The van der Waals surface area contributed by atoms with Crippen LogP contribution in [0.4, 0.5) is 5.69 Å². The van der Waals surface area contributed by atoms with Gasteiger partial charge in [-0.2, -0.15) is 0 Å². The Morgan fingerprint density at radius 3 is 2.77 bits per heavy atom. The molecule has 0 aliphatic carbocycles. The zero-order valence-corrected chi connectivity index (χ0v) is 18.9. The largest absolute Gasteiger partial charge is 0.380 e. The summed E-state index contributed by atoms with van der Waals surface area (Å²) < 4.78 is 32.3. The molecule has 162 valence electrons. The van der Waals surface area contributed by atoms with Crippen molar-refractivity contribution in [2.45, 2.75) is 25.2 Å². The van der Waals surface area contributed by atoms with Gasteiger partial charge in [0.25, 0.3) is 0 Å². The van der Waals surface area contributed by atoms with Gasteiger partial charge in [-0.1, -0.05) is 41.4 Å².